The minimum atomic E-state index is -0.120. The van der Waals surface area contributed by atoms with Gasteiger partial charge in [-0.25, -0.2) is 4.39 Å². The summed E-state index contributed by atoms with van der Waals surface area (Å²) in [6.45, 7) is 3.77. The molecule has 1 heterocycles. The molecule has 1 aliphatic rings. The van der Waals surface area contributed by atoms with Gasteiger partial charge >= 0.3 is 0 Å². The van der Waals surface area contributed by atoms with Gasteiger partial charge in [0.25, 0.3) is 0 Å². The first-order valence-corrected chi connectivity index (χ1v) is 6.77. The molecular formula is C17H18FN. The van der Waals surface area contributed by atoms with Crippen molar-refractivity contribution in [2.45, 2.75) is 25.8 Å². The molecule has 0 bridgehead atoms. The first kappa shape index (κ1) is 12.4. The number of benzene rings is 2. The summed E-state index contributed by atoms with van der Waals surface area (Å²) in [5.74, 6) is 0.362. The first-order chi connectivity index (χ1) is 9.24. The molecule has 1 aliphatic heterocycles. The molecule has 2 aromatic carbocycles. The van der Waals surface area contributed by atoms with Crippen molar-refractivity contribution in [3.05, 3.63) is 70.5 Å². The van der Waals surface area contributed by atoms with E-state index >= 15 is 0 Å². The third-order valence-electron chi connectivity index (χ3n) is 3.91. The van der Waals surface area contributed by atoms with Crippen LogP contribution in [-0.4, -0.2) is 6.54 Å². The lowest BCUT2D eigenvalue weighted by Crippen LogP contribution is -2.29. The molecule has 0 aromatic heterocycles. The van der Waals surface area contributed by atoms with Gasteiger partial charge in [-0.2, -0.15) is 0 Å². The number of halogens is 1. The second-order valence-corrected chi connectivity index (χ2v) is 5.31. The molecule has 19 heavy (non-hydrogen) atoms. The van der Waals surface area contributed by atoms with E-state index in [-0.39, 0.29) is 5.82 Å². The van der Waals surface area contributed by atoms with Gasteiger partial charge in [-0.3, -0.25) is 0 Å². The van der Waals surface area contributed by atoms with Crippen LogP contribution in [0.25, 0.3) is 0 Å². The Hall–Kier alpha value is -1.67. The molecule has 0 aliphatic carbocycles. The molecule has 0 fully saturated rings. The number of fused-ring (bicyclic) bond motifs is 1. The highest BCUT2D eigenvalue weighted by atomic mass is 19.1. The SMILES string of the molecule is Cc1cc(CC2CNCc3ccccc32)ccc1F. The second-order valence-electron chi connectivity index (χ2n) is 5.31. The van der Waals surface area contributed by atoms with Crippen LogP contribution >= 0.6 is 0 Å². The van der Waals surface area contributed by atoms with Crippen molar-refractivity contribution in [2.24, 2.45) is 0 Å². The van der Waals surface area contributed by atoms with Crippen LogP contribution in [0, 0.1) is 12.7 Å². The summed E-state index contributed by atoms with van der Waals surface area (Å²) in [6.07, 6.45) is 0.963. The molecule has 1 unspecified atom stereocenters. The van der Waals surface area contributed by atoms with Gasteiger partial charge in [0.2, 0.25) is 0 Å². The molecule has 3 rings (SSSR count). The Labute approximate surface area is 113 Å². The fourth-order valence-electron chi connectivity index (χ4n) is 2.88. The predicted octanol–water partition coefficient (Wildman–Crippen LogP) is 3.56. The molecule has 2 heteroatoms. The number of aryl methyl sites for hydroxylation is 1. The smallest absolute Gasteiger partial charge is 0.126 e. The van der Waals surface area contributed by atoms with Crippen LogP contribution in [0.3, 0.4) is 0 Å². The second kappa shape index (κ2) is 5.14. The average Bonchev–Trinajstić information content (AvgIpc) is 2.43. The summed E-state index contributed by atoms with van der Waals surface area (Å²) in [5.41, 5.74) is 4.76. The van der Waals surface area contributed by atoms with Crippen molar-refractivity contribution in [3.63, 3.8) is 0 Å². The van der Waals surface area contributed by atoms with Crippen molar-refractivity contribution in [3.8, 4) is 0 Å². The molecule has 98 valence electrons. The summed E-state index contributed by atoms with van der Waals surface area (Å²) >= 11 is 0. The van der Waals surface area contributed by atoms with Gasteiger partial charge in [-0.1, -0.05) is 36.4 Å². The lowest BCUT2D eigenvalue weighted by molar-refractivity contribution is 0.538. The van der Waals surface area contributed by atoms with E-state index in [1.165, 1.54) is 16.7 Å². The van der Waals surface area contributed by atoms with E-state index in [0.29, 0.717) is 5.92 Å². The number of hydrogen-bond acceptors (Lipinski definition) is 1. The zero-order valence-corrected chi connectivity index (χ0v) is 11.1. The van der Waals surface area contributed by atoms with E-state index in [0.717, 1.165) is 25.1 Å². The quantitative estimate of drug-likeness (QED) is 0.865. The van der Waals surface area contributed by atoms with Crippen LogP contribution in [0.2, 0.25) is 0 Å². The minimum Gasteiger partial charge on any atom is -0.312 e. The molecular weight excluding hydrogens is 237 g/mol. The Bertz CT molecular complexity index is 592. The van der Waals surface area contributed by atoms with Crippen molar-refractivity contribution >= 4 is 0 Å². The molecule has 0 amide bonds. The first-order valence-electron chi connectivity index (χ1n) is 6.77. The maximum absolute atomic E-state index is 13.3. The molecule has 0 spiro atoms. The van der Waals surface area contributed by atoms with Crippen LogP contribution in [0.15, 0.2) is 42.5 Å². The highest BCUT2D eigenvalue weighted by Crippen LogP contribution is 2.27. The molecule has 1 atom stereocenters. The highest BCUT2D eigenvalue weighted by Gasteiger charge is 2.19. The van der Waals surface area contributed by atoms with Gasteiger partial charge < -0.3 is 5.32 Å². The van der Waals surface area contributed by atoms with Gasteiger partial charge in [0.15, 0.2) is 0 Å². The van der Waals surface area contributed by atoms with Gasteiger partial charge in [0.05, 0.1) is 0 Å². The van der Waals surface area contributed by atoms with Crippen molar-refractivity contribution in [2.75, 3.05) is 6.54 Å². The molecule has 0 saturated carbocycles. The zero-order chi connectivity index (χ0) is 13.2. The third-order valence-corrected chi connectivity index (χ3v) is 3.91. The monoisotopic (exact) mass is 255 g/mol. The van der Waals surface area contributed by atoms with Crippen LogP contribution in [0.5, 0.6) is 0 Å². The summed E-state index contributed by atoms with van der Waals surface area (Å²) in [5, 5.41) is 3.46. The standard InChI is InChI=1S/C17H18FN/c1-12-8-13(6-7-17(12)18)9-15-11-19-10-14-4-2-3-5-16(14)15/h2-8,15,19H,9-11H2,1H3. The number of hydrogen-bond donors (Lipinski definition) is 1. The fraction of sp³-hybridized carbons (Fsp3) is 0.294. The van der Waals surface area contributed by atoms with Crippen molar-refractivity contribution < 1.29 is 4.39 Å². The lowest BCUT2D eigenvalue weighted by Gasteiger charge is -2.26. The van der Waals surface area contributed by atoms with Crippen LogP contribution < -0.4 is 5.32 Å². The van der Waals surface area contributed by atoms with Crippen molar-refractivity contribution in [1.82, 2.24) is 5.32 Å². The summed E-state index contributed by atoms with van der Waals surface area (Å²) in [7, 11) is 0. The van der Waals surface area contributed by atoms with Gasteiger partial charge in [0, 0.05) is 19.0 Å². The third kappa shape index (κ3) is 2.54. The van der Waals surface area contributed by atoms with E-state index < -0.39 is 0 Å². The average molecular weight is 255 g/mol. The highest BCUT2D eigenvalue weighted by molar-refractivity contribution is 5.35. The molecule has 1 nitrogen and oxygen atoms in total. The van der Waals surface area contributed by atoms with Gasteiger partial charge in [-0.15, -0.1) is 0 Å². The molecule has 1 N–H and O–H groups in total. The van der Waals surface area contributed by atoms with Crippen LogP contribution in [-0.2, 0) is 13.0 Å². The molecule has 2 aromatic rings. The normalized spacial score (nSPS) is 18.1. The topological polar surface area (TPSA) is 12.0 Å². The summed E-state index contributed by atoms with van der Waals surface area (Å²) in [4.78, 5) is 0. The Kier molecular flexibility index (Phi) is 3.34. The van der Waals surface area contributed by atoms with E-state index in [2.05, 4.69) is 29.6 Å². The Balaban J connectivity index is 1.86. The van der Waals surface area contributed by atoms with Crippen molar-refractivity contribution in [1.29, 1.82) is 0 Å². The molecule has 0 saturated heterocycles. The van der Waals surface area contributed by atoms with E-state index in [1.807, 2.05) is 19.1 Å². The van der Waals surface area contributed by atoms with Gasteiger partial charge in [0.1, 0.15) is 5.82 Å². The fourth-order valence-corrected chi connectivity index (χ4v) is 2.88. The molecule has 0 radical (unpaired) electrons. The predicted molar refractivity (Wildman–Crippen MR) is 75.7 cm³/mol. The Morgan fingerprint density at radius 1 is 1.21 bits per heavy atom. The van der Waals surface area contributed by atoms with E-state index in [9.17, 15) is 4.39 Å². The largest absolute Gasteiger partial charge is 0.312 e. The van der Waals surface area contributed by atoms with Crippen LogP contribution in [0.4, 0.5) is 4.39 Å². The number of rotatable bonds is 2. The van der Waals surface area contributed by atoms with E-state index in [4.69, 9.17) is 0 Å². The maximum atomic E-state index is 13.3. The maximum Gasteiger partial charge on any atom is 0.126 e. The van der Waals surface area contributed by atoms with Crippen LogP contribution in [0.1, 0.15) is 28.2 Å². The zero-order valence-electron chi connectivity index (χ0n) is 11.1. The Morgan fingerprint density at radius 2 is 2.05 bits per heavy atom. The number of nitrogens with one attached hydrogen (secondary N) is 1. The lowest BCUT2D eigenvalue weighted by atomic mass is 9.86. The summed E-state index contributed by atoms with van der Waals surface area (Å²) in [6, 6.07) is 14.0. The minimum absolute atomic E-state index is 0.120. The Morgan fingerprint density at radius 3 is 2.89 bits per heavy atom. The van der Waals surface area contributed by atoms with Gasteiger partial charge in [-0.05, 0) is 41.7 Å². The summed E-state index contributed by atoms with van der Waals surface area (Å²) < 4.78 is 13.3. The van der Waals surface area contributed by atoms with E-state index in [1.54, 1.807) is 6.07 Å².